The predicted molar refractivity (Wildman–Crippen MR) is 135 cm³/mol. The number of rotatable bonds is 8. The molecule has 1 N–H and O–H groups in total. The van der Waals surface area contributed by atoms with Gasteiger partial charge in [-0.3, -0.25) is 14.9 Å². The minimum atomic E-state index is -0.820. The number of carbonyl (C=O) groups is 3. The maximum absolute atomic E-state index is 13.2. The Morgan fingerprint density at radius 3 is 2.66 bits per heavy atom. The number of amides is 4. The summed E-state index contributed by atoms with van der Waals surface area (Å²) >= 11 is 6.18. The van der Waals surface area contributed by atoms with Crippen molar-refractivity contribution >= 4 is 41.2 Å². The molecule has 0 radical (unpaired) electrons. The van der Waals surface area contributed by atoms with Gasteiger partial charge in [-0.15, -0.1) is 6.58 Å². The van der Waals surface area contributed by atoms with Gasteiger partial charge in [-0.05, 0) is 60.9 Å². The fourth-order valence-corrected chi connectivity index (χ4v) is 3.92. The number of anilines is 1. The molecule has 7 nitrogen and oxygen atoms in total. The Morgan fingerprint density at radius 2 is 1.89 bits per heavy atom. The molecule has 1 aliphatic rings. The average Bonchev–Trinajstić information content (AvgIpc) is 3.27. The molecular formula is C27H24ClN3O4. The van der Waals surface area contributed by atoms with Crippen LogP contribution >= 0.6 is 11.6 Å². The SMILES string of the molecule is C=CCc1ccccc1OCCn1cccc1/C=C1/C(=O)NC(=O)N(c2ccc(C)c(Cl)c2)C1=O. The van der Waals surface area contributed by atoms with E-state index in [4.69, 9.17) is 16.3 Å². The Bertz CT molecular complexity index is 1340. The smallest absolute Gasteiger partial charge is 0.335 e. The van der Waals surface area contributed by atoms with Crippen molar-refractivity contribution in [1.82, 2.24) is 9.88 Å². The lowest BCUT2D eigenvalue weighted by molar-refractivity contribution is -0.122. The molecule has 1 saturated heterocycles. The number of nitrogens with zero attached hydrogens (tertiary/aromatic N) is 2. The summed E-state index contributed by atoms with van der Waals surface area (Å²) in [6.45, 7) is 6.46. The lowest BCUT2D eigenvalue weighted by Gasteiger charge is -2.26. The summed E-state index contributed by atoms with van der Waals surface area (Å²) < 4.78 is 7.83. The number of para-hydroxylation sites is 1. The highest BCUT2D eigenvalue weighted by Gasteiger charge is 2.37. The summed E-state index contributed by atoms with van der Waals surface area (Å²) in [5.74, 6) is -0.690. The fourth-order valence-electron chi connectivity index (χ4n) is 3.75. The summed E-state index contributed by atoms with van der Waals surface area (Å²) in [6, 6.07) is 15.4. The third-order valence-electron chi connectivity index (χ3n) is 5.60. The van der Waals surface area contributed by atoms with E-state index < -0.39 is 17.8 Å². The van der Waals surface area contributed by atoms with E-state index in [1.165, 1.54) is 12.1 Å². The minimum Gasteiger partial charge on any atom is -0.491 e. The molecular weight excluding hydrogens is 466 g/mol. The molecule has 2 aromatic carbocycles. The molecule has 178 valence electrons. The number of allylic oxidation sites excluding steroid dienone is 1. The van der Waals surface area contributed by atoms with Gasteiger partial charge in [0.1, 0.15) is 17.9 Å². The number of aromatic nitrogens is 1. The van der Waals surface area contributed by atoms with Crippen LogP contribution in [0, 0.1) is 6.92 Å². The molecule has 0 unspecified atom stereocenters. The van der Waals surface area contributed by atoms with Crippen molar-refractivity contribution in [1.29, 1.82) is 0 Å². The minimum absolute atomic E-state index is 0.154. The van der Waals surface area contributed by atoms with Gasteiger partial charge in [-0.2, -0.15) is 0 Å². The number of hydrogen-bond donors (Lipinski definition) is 1. The number of halogens is 1. The van der Waals surface area contributed by atoms with E-state index in [2.05, 4.69) is 11.9 Å². The zero-order valence-corrected chi connectivity index (χ0v) is 19.9. The van der Waals surface area contributed by atoms with Gasteiger partial charge < -0.3 is 9.30 Å². The molecule has 35 heavy (non-hydrogen) atoms. The Hall–Kier alpha value is -4.10. The van der Waals surface area contributed by atoms with Crippen LogP contribution in [-0.2, 0) is 22.6 Å². The Labute approximate surface area is 208 Å². The number of barbiturate groups is 1. The maximum atomic E-state index is 13.2. The van der Waals surface area contributed by atoms with Crippen LogP contribution in [0.15, 0.2) is 79.0 Å². The maximum Gasteiger partial charge on any atom is 0.335 e. The Morgan fingerprint density at radius 1 is 1.09 bits per heavy atom. The molecule has 2 heterocycles. The number of ether oxygens (including phenoxy) is 1. The summed E-state index contributed by atoms with van der Waals surface area (Å²) in [7, 11) is 0. The first-order chi connectivity index (χ1) is 16.9. The predicted octanol–water partition coefficient (Wildman–Crippen LogP) is 4.92. The van der Waals surface area contributed by atoms with Crippen LogP contribution < -0.4 is 15.0 Å². The largest absolute Gasteiger partial charge is 0.491 e. The van der Waals surface area contributed by atoms with E-state index in [9.17, 15) is 14.4 Å². The zero-order valence-electron chi connectivity index (χ0n) is 19.2. The quantitative estimate of drug-likeness (QED) is 0.276. The van der Waals surface area contributed by atoms with E-state index >= 15 is 0 Å². The summed E-state index contributed by atoms with van der Waals surface area (Å²) in [6.07, 6.45) is 5.83. The molecule has 1 fully saturated rings. The monoisotopic (exact) mass is 489 g/mol. The second-order valence-corrected chi connectivity index (χ2v) is 8.37. The van der Waals surface area contributed by atoms with Crippen molar-refractivity contribution in [2.24, 2.45) is 0 Å². The number of hydrogen-bond acceptors (Lipinski definition) is 4. The summed E-state index contributed by atoms with van der Waals surface area (Å²) in [5, 5.41) is 2.64. The second-order valence-electron chi connectivity index (χ2n) is 7.97. The molecule has 3 aromatic rings. The first kappa shape index (κ1) is 24.0. The van der Waals surface area contributed by atoms with Crippen LogP contribution in [0.5, 0.6) is 5.75 Å². The second kappa shape index (κ2) is 10.4. The Kier molecular flexibility index (Phi) is 7.17. The first-order valence-electron chi connectivity index (χ1n) is 11.0. The van der Waals surface area contributed by atoms with Gasteiger partial charge in [0, 0.05) is 16.9 Å². The van der Waals surface area contributed by atoms with Crippen LogP contribution in [0.25, 0.3) is 6.08 Å². The van der Waals surface area contributed by atoms with E-state index in [-0.39, 0.29) is 11.3 Å². The van der Waals surface area contributed by atoms with Gasteiger partial charge in [0.2, 0.25) is 0 Å². The highest BCUT2D eigenvalue weighted by molar-refractivity contribution is 6.39. The average molecular weight is 490 g/mol. The molecule has 1 aromatic heterocycles. The summed E-state index contributed by atoms with van der Waals surface area (Å²) in [4.78, 5) is 39.1. The van der Waals surface area contributed by atoms with Gasteiger partial charge in [0.15, 0.2) is 0 Å². The van der Waals surface area contributed by atoms with Crippen molar-refractivity contribution in [3.05, 3.63) is 101 Å². The fraction of sp³-hybridized carbons (Fsp3) is 0.148. The normalized spacial score (nSPS) is 14.9. The van der Waals surface area contributed by atoms with E-state index in [0.29, 0.717) is 30.3 Å². The van der Waals surface area contributed by atoms with Gasteiger partial charge in [0.25, 0.3) is 11.8 Å². The number of urea groups is 1. The molecule has 0 bridgehead atoms. The number of benzene rings is 2. The van der Waals surface area contributed by atoms with E-state index in [1.807, 2.05) is 54.1 Å². The van der Waals surface area contributed by atoms with Crippen molar-refractivity contribution in [2.45, 2.75) is 19.9 Å². The zero-order chi connectivity index (χ0) is 24.9. The molecule has 4 rings (SSSR count). The lowest BCUT2D eigenvalue weighted by atomic mass is 10.1. The van der Waals surface area contributed by atoms with Crippen LogP contribution in [0.4, 0.5) is 10.5 Å². The van der Waals surface area contributed by atoms with Gasteiger partial charge in [-0.25, -0.2) is 9.69 Å². The third kappa shape index (κ3) is 5.20. The van der Waals surface area contributed by atoms with E-state index in [0.717, 1.165) is 21.8 Å². The molecule has 4 amide bonds. The topological polar surface area (TPSA) is 80.6 Å². The van der Waals surface area contributed by atoms with Gasteiger partial charge >= 0.3 is 6.03 Å². The summed E-state index contributed by atoms with van der Waals surface area (Å²) in [5.41, 5.74) is 2.60. The van der Waals surface area contributed by atoms with Crippen molar-refractivity contribution < 1.29 is 19.1 Å². The van der Waals surface area contributed by atoms with Crippen LogP contribution in [0.2, 0.25) is 5.02 Å². The van der Waals surface area contributed by atoms with Crippen molar-refractivity contribution in [3.8, 4) is 5.75 Å². The molecule has 0 aliphatic carbocycles. The van der Waals surface area contributed by atoms with Crippen LogP contribution in [0.1, 0.15) is 16.8 Å². The number of nitrogens with one attached hydrogen (secondary N) is 1. The number of carbonyl (C=O) groups excluding carboxylic acids is 3. The molecule has 8 heteroatoms. The van der Waals surface area contributed by atoms with Crippen molar-refractivity contribution in [2.75, 3.05) is 11.5 Å². The van der Waals surface area contributed by atoms with E-state index in [1.54, 1.807) is 18.2 Å². The molecule has 1 aliphatic heterocycles. The highest BCUT2D eigenvalue weighted by atomic mass is 35.5. The lowest BCUT2D eigenvalue weighted by Crippen LogP contribution is -2.54. The molecule has 0 saturated carbocycles. The number of imide groups is 2. The number of aryl methyl sites for hydroxylation is 1. The van der Waals surface area contributed by atoms with Gasteiger partial charge in [0.05, 0.1) is 12.2 Å². The first-order valence-corrected chi connectivity index (χ1v) is 11.4. The highest BCUT2D eigenvalue weighted by Crippen LogP contribution is 2.27. The third-order valence-corrected chi connectivity index (χ3v) is 6.01. The van der Waals surface area contributed by atoms with Gasteiger partial charge in [-0.1, -0.05) is 41.9 Å². The van der Waals surface area contributed by atoms with Crippen molar-refractivity contribution in [3.63, 3.8) is 0 Å². The Balaban J connectivity index is 1.53. The standard InChI is InChI=1S/C27H24ClN3O4/c1-3-7-19-8-4-5-10-24(19)35-15-14-30-13-6-9-20(30)16-22-25(32)29-27(34)31(26(22)33)21-12-11-18(2)23(28)17-21/h3-6,8-13,16-17H,1,7,14-15H2,2H3,(H,29,32,34)/b22-16-. The molecule has 0 spiro atoms. The van der Waals surface area contributed by atoms with Crippen LogP contribution in [-0.4, -0.2) is 29.0 Å². The molecule has 0 atom stereocenters. The van der Waals surface area contributed by atoms with Crippen LogP contribution in [0.3, 0.4) is 0 Å².